The summed E-state index contributed by atoms with van der Waals surface area (Å²) in [5.41, 5.74) is 2.36. The topological polar surface area (TPSA) is 46.5 Å². The van der Waals surface area contributed by atoms with E-state index in [9.17, 15) is 4.79 Å². The minimum atomic E-state index is 0.00421. The molecule has 0 radical (unpaired) electrons. The number of quaternary nitrogens is 1. The van der Waals surface area contributed by atoms with Crippen molar-refractivity contribution in [3.8, 4) is 5.75 Å². The van der Waals surface area contributed by atoms with Crippen LogP contribution in [-0.2, 0) is 6.54 Å². The molecule has 0 saturated carbocycles. The molecule has 0 aliphatic carbocycles. The number of fused-ring (bicyclic) bond motifs is 1. The molecule has 0 spiro atoms. The summed E-state index contributed by atoms with van der Waals surface area (Å²) in [6, 6.07) is 3.48. The summed E-state index contributed by atoms with van der Waals surface area (Å²) >= 11 is 6.24. The molecular formula is C16H22ClN2O2+. The van der Waals surface area contributed by atoms with Crippen LogP contribution in [0.5, 0.6) is 5.75 Å². The summed E-state index contributed by atoms with van der Waals surface area (Å²) < 4.78 is 5.32. The highest BCUT2D eigenvalue weighted by atomic mass is 35.5. The normalized spacial score (nSPS) is 11.3. The molecule has 0 aliphatic heterocycles. The van der Waals surface area contributed by atoms with Gasteiger partial charge in [0.25, 0.3) is 0 Å². The Bertz CT molecular complexity index is 705. The average Bonchev–Trinajstić information content (AvgIpc) is 2.47. The van der Waals surface area contributed by atoms with E-state index in [2.05, 4.69) is 18.8 Å². The van der Waals surface area contributed by atoms with Crippen molar-refractivity contribution >= 4 is 22.5 Å². The third kappa shape index (κ3) is 2.92. The van der Waals surface area contributed by atoms with Crippen LogP contribution in [0.3, 0.4) is 0 Å². The van der Waals surface area contributed by atoms with Gasteiger partial charge in [0.1, 0.15) is 12.3 Å². The van der Waals surface area contributed by atoms with Crippen LogP contribution >= 0.6 is 11.6 Å². The van der Waals surface area contributed by atoms with Crippen molar-refractivity contribution in [2.24, 2.45) is 0 Å². The van der Waals surface area contributed by atoms with Crippen LogP contribution in [0.2, 0.25) is 5.02 Å². The van der Waals surface area contributed by atoms with Gasteiger partial charge in [0, 0.05) is 5.69 Å². The van der Waals surface area contributed by atoms with Gasteiger partial charge in [-0.1, -0.05) is 11.6 Å². The van der Waals surface area contributed by atoms with Crippen LogP contribution in [0.1, 0.15) is 25.1 Å². The van der Waals surface area contributed by atoms with Crippen molar-refractivity contribution in [2.45, 2.75) is 27.3 Å². The molecular weight excluding hydrogens is 288 g/mol. The first-order chi connectivity index (χ1) is 10.0. The molecule has 0 amide bonds. The number of methoxy groups -OCH3 is 1. The Morgan fingerprint density at radius 1 is 1.29 bits per heavy atom. The molecule has 4 nitrogen and oxygen atoms in total. The van der Waals surface area contributed by atoms with Gasteiger partial charge in [0.15, 0.2) is 5.43 Å². The van der Waals surface area contributed by atoms with Crippen LogP contribution in [0.15, 0.2) is 16.9 Å². The number of aromatic nitrogens is 1. The van der Waals surface area contributed by atoms with Gasteiger partial charge < -0.3 is 14.6 Å². The average molecular weight is 310 g/mol. The first-order valence-electron chi connectivity index (χ1n) is 7.24. The largest absolute Gasteiger partial charge is 0.495 e. The fourth-order valence-electron chi connectivity index (χ4n) is 2.62. The number of ether oxygens (including phenoxy) is 1. The van der Waals surface area contributed by atoms with Crippen molar-refractivity contribution in [3.05, 3.63) is 38.6 Å². The quantitative estimate of drug-likeness (QED) is 0.886. The van der Waals surface area contributed by atoms with E-state index >= 15 is 0 Å². The van der Waals surface area contributed by atoms with Crippen molar-refractivity contribution in [2.75, 3.05) is 20.2 Å². The standard InChI is InChI=1S/C16H21ClN2O2/c1-5-19(6-2)9-11-10(3)18-15-13(21-4)8-7-12(17)14(15)16(11)20/h7-8H,5-6,9H2,1-4H3,(H,18,20)/p+1. The number of H-pyrrole nitrogens is 1. The van der Waals surface area contributed by atoms with Crippen molar-refractivity contribution < 1.29 is 9.64 Å². The molecule has 2 rings (SSSR count). The molecule has 21 heavy (non-hydrogen) atoms. The molecule has 5 heteroatoms. The van der Waals surface area contributed by atoms with Gasteiger partial charge in [-0.2, -0.15) is 0 Å². The summed E-state index contributed by atoms with van der Waals surface area (Å²) in [5, 5.41) is 0.978. The number of hydrogen-bond donors (Lipinski definition) is 2. The van der Waals surface area contributed by atoms with Gasteiger partial charge in [-0.05, 0) is 32.9 Å². The molecule has 0 fully saturated rings. The highest BCUT2D eigenvalue weighted by Crippen LogP contribution is 2.28. The Balaban J connectivity index is 2.70. The van der Waals surface area contributed by atoms with Gasteiger partial charge in [-0.25, -0.2) is 0 Å². The SMILES string of the molecule is CC[NH+](CC)Cc1c(C)[nH]c2c(OC)ccc(Cl)c2c1=O. The van der Waals surface area contributed by atoms with Gasteiger partial charge in [0.05, 0.1) is 41.7 Å². The number of pyridine rings is 1. The van der Waals surface area contributed by atoms with Crippen LogP contribution in [0.4, 0.5) is 0 Å². The Labute approximate surface area is 129 Å². The number of nitrogens with one attached hydrogen (secondary N) is 2. The Morgan fingerprint density at radius 3 is 2.52 bits per heavy atom. The molecule has 114 valence electrons. The van der Waals surface area contributed by atoms with Crippen molar-refractivity contribution in [1.82, 2.24) is 4.98 Å². The van der Waals surface area contributed by atoms with E-state index in [1.165, 1.54) is 4.90 Å². The molecule has 2 N–H and O–H groups in total. The lowest BCUT2D eigenvalue weighted by atomic mass is 10.1. The van der Waals surface area contributed by atoms with E-state index in [0.717, 1.165) is 24.3 Å². The molecule has 0 saturated heterocycles. The number of halogens is 1. The number of aryl methyl sites for hydroxylation is 1. The number of hydrogen-bond acceptors (Lipinski definition) is 2. The van der Waals surface area contributed by atoms with Crippen LogP contribution < -0.4 is 15.1 Å². The number of aromatic amines is 1. The first-order valence-corrected chi connectivity index (χ1v) is 7.62. The molecule has 1 aromatic carbocycles. The van der Waals surface area contributed by atoms with Gasteiger partial charge >= 0.3 is 0 Å². The summed E-state index contributed by atoms with van der Waals surface area (Å²) in [7, 11) is 1.59. The van der Waals surface area contributed by atoms with E-state index in [4.69, 9.17) is 16.3 Å². The van der Waals surface area contributed by atoms with E-state index in [1.54, 1.807) is 19.2 Å². The Hall–Kier alpha value is -1.52. The summed E-state index contributed by atoms with van der Waals surface area (Å²) in [4.78, 5) is 17.5. The van der Waals surface area contributed by atoms with Gasteiger partial charge in [0.2, 0.25) is 0 Å². The monoisotopic (exact) mass is 309 g/mol. The molecule has 1 heterocycles. The molecule has 1 aromatic heterocycles. The van der Waals surface area contributed by atoms with Crippen LogP contribution in [-0.4, -0.2) is 25.2 Å². The predicted octanol–water partition coefficient (Wildman–Crippen LogP) is 1.92. The maximum Gasteiger partial charge on any atom is 0.200 e. The highest BCUT2D eigenvalue weighted by molar-refractivity contribution is 6.35. The minimum Gasteiger partial charge on any atom is -0.495 e. The first kappa shape index (κ1) is 15.9. The van der Waals surface area contributed by atoms with E-state index in [1.807, 2.05) is 6.92 Å². The second-order valence-corrected chi connectivity index (χ2v) is 5.60. The lowest BCUT2D eigenvalue weighted by Crippen LogP contribution is -3.10. The number of benzene rings is 1. The zero-order valence-electron chi connectivity index (χ0n) is 13.0. The zero-order valence-corrected chi connectivity index (χ0v) is 13.7. The second-order valence-electron chi connectivity index (χ2n) is 5.19. The van der Waals surface area contributed by atoms with Gasteiger partial charge in [-0.3, -0.25) is 4.79 Å². The third-order valence-electron chi connectivity index (χ3n) is 4.03. The predicted molar refractivity (Wildman–Crippen MR) is 86.6 cm³/mol. The fraction of sp³-hybridized carbons (Fsp3) is 0.438. The van der Waals surface area contributed by atoms with Gasteiger partial charge in [-0.15, -0.1) is 0 Å². The fourth-order valence-corrected chi connectivity index (χ4v) is 2.86. The second kappa shape index (κ2) is 6.50. The maximum atomic E-state index is 12.8. The Kier molecular flexibility index (Phi) is 4.91. The van der Waals surface area contributed by atoms with Crippen molar-refractivity contribution in [1.29, 1.82) is 0 Å². The molecule has 0 atom stereocenters. The lowest BCUT2D eigenvalue weighted by molar-refractivity contribution is -0.910. The molecule has 0 aliphatic rings. The third-order valence-corrected chi connectivity index (χ3v) is 4.34. The van der Waals surface area contributed by atoms with Crippen molar-refractivity contribution in [3.63, 3.8) is 0 Å². The minimum absolute atomic E-state index is 0.00421. The smallest absolute Gasteiger partial charge is 0.200 e. The summed E-state index contributed by atoms with van der Waals surface area (Å²) in [6.45, 7) is 8.86. The van der Waals surface area contributed by atoms with Crippen LogP contribution in [0.25, 0.3) is 10.9 Å². The maximum absolute atomic E-state index is 12.8. The molecule has 0 unspecified atom stereocenters. The van der Waals surface area contributed by atoms with Crippen LogP contribution in [0, 0.1) is 6.92 Å². The van der Waals surface area contributed by atoms with E-state index < -0.39 is 0 Å². The van der Waals surface area contributed by atoms with E-state index in [-0.39, 0.29) is 5.43 Å². The molecule has 0 bridgehead atoms. The highest BCUT2D eigenvalue weighted by Gasteiger charge is 2.18. The Morgan fingerprint density at radius 2 is 1.95 bits per heavy atom. The van der Waals surface area contributed by atoms with E-state index in [0.29, 0.717) is 28.2 Å². The summed E-state index contributed by atoms with van der Waals surface area (Å²) in [6.07, 6.45) is 0. The molecule has 2 aromatic rings. The zero-order chi connectivity index (χ0) is 15.6. The lowest BCUT2D eigenvalue weighted by Gasteiger charge is -2.17. The summed E-state index contributed by atoms with van der Waals surface area (Å²) in [5.74, 6) is 0.635. The number of rotatable bonds is 5.